The van der Waals surface area contributed by atoms with Crippen LogP contribution >= 0.6 is 0 Å². The topological polar surface area (TPSA) is 32.3 Å². The molecular formula is C16H30N2O. The molecule has 1 aliphatic carbocycles. The van der Waals surface area contributed by atoms with E-state index in [-0.39, 0.29) is 12.2 Å². The number of hydrogen-bond donors (Lipinski definition) is 1. The molecule has 2 fully saturated rings. The fourth-order valence-corrected chi connectivity index (χ4v) is 3.23. The van der Waals surface area contributed by atoms with Crippen molar-refractivity contribution >= 4 is 5.91 Å². The quantitative estimate of drug-likeness (QED) is 0.802. The Morgan fingerprint density at radius 3 is 2.32 bits per heavy atom. The first-order chi connectivity index (χ1) is 8.90. The molecule has 0 aromatic carbocycles. The monoisotopic (exact) mass is 266 g/mol. The van der Waals surface area contributed by atoms with Crippen LogP contribution in [-0.2, 0) is 4.79 Å². The van der Waals surface area contributed by atoms with Crippen molar-refractivity contribution in [2.75, 3.05) is 6.54 Å². The molecule has 1 saturated carbocycles. The molecule has 3 heteroatoms. The molecule has 3 atom stereocenters. The molecule has 1 amide bonds. The van der Waals surface area contributed by atoms with Crippen LogP contribution in [0.5, 0.6) is 0 Å². The lowest BCUT2D eigenvalue weighted by Gasteiger charge is -2.29. The molecule has 0 spiro atoms. The molecular weight excluding hydrogens is 236 g/mol. The van der Waals surface area contributed by atoms with E-state index in [0.717, 1.165) is 18.9 Å². The molecule has 1 N–H and O–H groups in total. The number of rotatable bonds is 6. The van der Waals surface area contributed by atoms with E-state index in [1.165, 1.54) is 12.8 Å². The summed E-state index contributed by atoms with van der Waals surface area (Å²) in [5.41, 5.74) is 0. The van der Waals surface area contributed by atoms with Gasteiger partial charge in [0.2, 0.25) is 5.91 Å². The second-order valence-corrected chi connectivity index (χ2v) is 7.34. The van der Waals surface area contributed by atoms with Crippen molar-refractivity contribution in [2.45, 2.75) is 66.1 Å². The summed E-state index contributed by atoms with van der Waals surface area (Å²) >= 11 is 0. The van der Waals surface area contributed by atoms with E-state index in [0.29, 0.717) is 23.7 Å². The minimum absolute atomic E-state index is 0.0406. The second kappa shape index (κ2) is 5.82. The number of amides is 1. The summed E-state index contributed by atoms with van der Waals surface area (Å²) in [6, 6.07) is 0.0406. The molecule has 0 bridgehead atoms. The Balaban J connectivity index is 2.02. The van der Waals surface area contributed by atoms with Gasteiger partial charge in [0.05, 0.1) is 12.2 Å². The van der Waals surface area contributed by atoms with Crippen molar-refractivity contribution in [3.8, 4) is 0 Å². The largest absolute Gasteiger partial charge is 0.325 e. The molecule has 0 aromatic heterocycles. The van der Waals surface area contributed by atoms with Crippen molar-refractivity contribution in [2.24, 2.45) is 23.7 Å². The van der Waals surface area contributed by atoms with Gasteiger partial charge in [0.15, 0.2) is 0 Å². The van der Waals surface area contributed by atoms with Gasteiger partial charge < -0.3 is 4.90 Å². The van der Waals surface area contributed by atoms with Gasteiger partial charge in [-0.15, -0.1) is 0 Å². The molecule has 2 rings (SSSR count). The summed E-state index contributed by atoms with van der Waals surface area (Å²) in [4.78, 5) is 14.7. The van der Waals surface area contributed by atoms with Crippen LogP contribution in [0.3, 0.4) is 0 Å². The number of nitrogens with zero attached hydrogens (tertiary/aromatic N) is 1. The van der Waals surface area contributed by atoms with Crippen LogP contribution in [0, 0.1) is 23.7 Å². The van der Waals surface area contributed by atoms with E-state index < -0.39 is 0 Å². The van der Waals surface area contributed by atoms with Gasteiger partial charge in [-0.25, -0.2) is 0 Å². The summed E-state index contributed by atoms with van der Waals surface area (Å²) in [7, 11) is 0. The van der Waals surface area contributed by atoms with Gasteiger partial charge in [-0.1, -0.05) is 34.6 Å². The minimum Gasteiger partial charge on any atom is -0.325 e. The maximum atomic E-state index is 12.6. The summed E-state index contributed by atoms with van der Waals surface area (Å²) in [5.74, 6) is 2.90. The zero-order valence-electron chi connectivity index (χ0n) is 13.1. The Bertz CT molecular complexity index is 323. The average molecular weight is 266 g/mol. The first-order valence-electron chi connectivity index (χ1n) is 7.96. The Hall–Kier alpha value is -0.570. The molecule has 0 aromatic rings. The Kier molecular flexibility index (Phi) is 4.54. The Morgan fingerprint density at radius 1 is 1.21 bits per heavy atom. The smallest absolute Gasteiger partial charge is 0.241 e. The van der Waals surface area contributed by atoms with E-state index in [2.05, 4.69) is 44.8 Å². The van der Waals surface area contributed by atoms with Gasteiger partial charge in [0.25, 0.3) is 0 Å². The van der Waals surface area contributed by atoms with E-state index >= 15 is 0 Å². The zero-order valence-corrected chi connectivity index (χ0v) is 13.1. The van der Waals surface area contributed by atoms with E-state index in [1.807, 2.05) is 0 Å². The molecule has 3 unspecified atom stereocenters. The van der Waals surface area contributed by atoms with Gasteiger partial charge in [-0.2, -0.15) is 0 Å². The lowest BCUT2D eigenvalue weighted by molar-refractivity contribution is -0.131. The van der Waals surface area contributed by atoms with Crippen LogP contribution in [-0.4, -0.2) is 29.6 Å². The second-order valence-electron chi connectivity index (χ2n) is 7.34. The highest BCUT2D eigenvalue weighted by Crippen LogP contribution is 2.37. The molecule has 0 radical (unpaired) electrons. The predicted octanol–water partition coefficient (Wildman–Crippen LogP) is 2.86. The SMILES string of the molecule is CC(C)CC1NC(C(C)C)N(CC(C)C2CC2)C1=O. The fraction of sp³-hybridized carbons (Fsp3) is 0.938. The molecule has 2 aliphatic rings. The van der Waals surface area contributed by atoms with Crippen LogP contribution < -0.4 is 5.32 Å². The van der Waals surface area contributed by atoms with Crippen molar-refractivity contribution in [3.63, 3.8) is 0 Å². The third-order valence-corrected chi connectivity index (χ3v) is 4.54. The number of nitrogens with one attached hydrogen (secondary N) is 1. The van der Waals surface area contributed by atoms with Gasteiger partial charge in [-0.05, 0) is 42.9 Å². The van der Waals surface area contributed by atoms with E-state index in [9.17, 15) is 4.79 Å². The summed E-state index contributed by atoms with van der Waals surface area (Å²) in [6.07, 6.45) is 3.91. The number of hydrogen-bond acceptors (Lipinski definition) is 2. The van der Waals surface area contributed by atoms with Gasteiger partial charge in [-0.3, -0.25) is 10.1 Å². The summed E-state index contributed by atoms with van der Waals surface area (Å²) < 4.78 is 0. The Morgan fingerprint density at radius 2 is 1.84 bits per heavy atom. The summed E-state index contributed by atoms with van der Waals surface area (Å²) in [5, 5.41) is 3.56. The van der Waals surface area contributed by atoms with Gasteiger partial charge in [0.1, 0.15) is 0 Å². The predicted molar refractivity (Wildman–Crippen MR) is 78.6 cm³/mol. The van der Waals surface area contributed by atoms with Crippen molar-refractivity contribution in [1.82, 2.24) is 10.2 Å². The number of carbonyl (C=O) groups excluding carboxylic acids is 1. The molecule has 1 saturated heterocycles. The molecule has 19 heavy (non-hydrogen) atoms. The van der Waals surface area contributed by atoms with Crippen LogP contribution in [0.15, 0.2) is 0 Å². The third-order valence-electron chi connectivity index (χ3n) is 4.54. The lowest BCUT2D eigenvalue weighted by atomic mass is 10.0. The molecule has 3 nitrogen and oxygen atoms in total. The highest BCUT2D eigenvalue weighted by molar-refractivity contribution is 5.84. The standard InChI is InChI=1S/C16H30N2O/c1-10(2)8-14-16(19)18(15(17-14)11(3)4)9-12(5)13-6-7-13/h10-15,17H,6-9H2,1-5H3. The van der Waals surface area contributed by atoms with E-state index in [4.69, 9.17) is 0 Å². The van der Waals surface area contributed by atoms with Crippen LogP contribution in [0.1, 0.15) is 53.9 Å². The minimum atomic E-state index is 0.0406. The maximum Gasteiger partial charge on any atom is 0.241 e. The maximum absolute atomic E-state index is 12.6. The Labute approximate surface area is 118 Å². The molecule has 110 valence electrons. The lowest BCUT2D eigenvalue weighted by Crippen LogP contribution is -2.43. The third kappa shape index (κ3) is 3.50. The zero-order chi connectivity index (χ0) is 14.2. The first-order valence-corrected chi connectivity index (χ1v) is 7.96. The van der Waals surface area contributed by atoms with Crippen molar-refractivity contribution in [1.29, 1.82) is 0 Å². The van der Waals surface area contributed by atoms with Crippen molar-refractivity contribution < 1.29 is 4.79 Å². The normalized spacial score (nSPS) is 29.6. The summed E-state index contributed by atoms with van der Waals surface area (Å²) in [6.45, 7) is 12.0. The fourth-order valence-electron chi connectivity index (χ4n) is 3.23. The first kappa shape index (κ1) is 14.8. The highest BCUT2D eigenvalue weighted by atomic mass is 16.2. The van der Waals surface area contributed by atoms with Gasteiger partial charge >= 0.3 is 0 Å². The van der Waals surface area contributed by atoms with Crippen LogP contribution in [0.25, 0.3) is 0 Å². The number of carbonyl (C=O) groups is 1. The van der Waals surface area contributed by atoms with E-state index in [1.54, 1.807) is 0 Å². The average Bonchev–Trinajstić information content (AvgIpc) is 3.10. The van der Waals surface area contributed by atoms with Gasteiger partial charge in [0, 0.05) is 6.54 Å². The molecule has 1 aliphatic heterocycles. The molecule has 1 heterocycles. The van der Waals surface area contributed by atoms with Crippen LogP contribution in [0.4, 0.5) is 0 Å². The van der Waals surface area contributed by atoms with Crippen LogP contribution in [0.2, 0.25) is 0 Å². The van der Waals surface area contributed by atoms with Crippen molar-refractivity contribution in [3.05, 3.63) is 0 Å². The highest BCUT2D eigenvalue weighted by Gasteiger charge is 2.42.